The van der Waals surface area contributed by atoms with Crippen LogP contribution in [0, 0.1) is 23.4 Å². The molecule has 1 N–H and O–H groups in total. The second kappa shape index (κ2) is 12.1. The van der Waals surface area contributed by atoms with Crippen molar-refractivity contribution in [2.45, 2.75) is 29.5 Å². The molecule has 2 atom stereocenters. The van der Waals surface area contributed by atoms with E-state index < -0.39 is 92.1 Å². The van der Waals surface area contributed by atoms with E-state index in [2.05, 4.69) is 5.32 Å². The number of Topliss-reactive ketones (excluding diaryl/α,β-unsaturated/α-hetero) is 2. The molecular formula is C27H15Cl5F5NO3. The highest BCUT2D eigenvalue weighted by Crippen LogP contribution is 2.65. The molecule has 3 aromatic rings. The van der Waals surface area contributed by atoms with Crippen molar-refractivity contribution in [3.8, 4) is 0 Å². The van der Waals surface area contributed by atoms with E-state index in [-0.39, 0.29) is 15.7 Å². The van der Waals surface area contributed by atoms with Crippen LogP contribution in [-0.4, -0.2) is 28.2 Å². The van der Waals surface area contributed by atoms with Crippen LogP contribution in [0.15, 0.2) is 42.5 Å². The zero-order chi connectivity index (χ0) is 30.4. The Kier molecular flexibility index (Phi) is 9.26. The van der Waals surface area contributed by atoms with E-state index in [0.717, 1.165) is 18.2 Å². The Bertz CT molecular complexity index is 1580. The Morgan fingerprint density at radius 2 is 1.56 bits per heavy atom. The van der Waals surface area contributed by atoms with Gasteiger partial charge in [0.1, 0.15) is 21.8 Å². The van der Waals surface area contributed by atoms with Gasteiger partial charge in [-0.25, -0.2) is 22.0 Å². The van der Waals surface area contributed by atoms with Crippen LogP contribution in [-0.2, 0) is 22.4 Å². The summed E-state index contributed by atoms with van der Waals surface area (Å²) in [5.74, 6) is -8.83. The molecule has 1 aliphatic rings. The molecule has 0 saturated heterocycles. The molecule has 0 aliphatic heterocycles. The number of benzene rings is 3. The topological polar surface area (TPSA) is 63.2 Å². The van der Waals surface area contributed by atoms with E-state index in [1.165, 1.54) is 12.1 Å². The third-order valence-electron chi connectivity index (χ3n) is 6.45. The largest absolute Gasteiger partial charge is 0.326 e. The molecule has 14 heteroatoms. The van der Waals surface area contributed by atoms with Gasteiger partial charge < -0.3 is 5.32 Å². The maximum absolute atomic E-state index is 14.9. The Morgan fingerprint density at radius 1 is 0.878 bits per heavy atom. The van der Waals surface area contributed by atoms with Gasteiger partial charge in [-0.05, 0) is 41.5 Å². The van der Waals surface area contributed by atoms with Gasteiger partial charge in [-0.3, -0.25) is 14.4 Å². The van der Waals surface area contributed by atoms with Crippen LogP contribution < -0.4 is 5.32 Å². The first-order valence-corrected chi connectivity index (χ1v) is 13.4. The molecule has 3 aromatic carbocycles. The molecule has 216 valence electrons. The Balaban J connectivity index is 1.56. The molecule has 4 rings (SSSR count). The number of hydrogen-bond donors (Lipinski definition) is 1. The summed E-state index contributed by atoms with van der Waals surface area (Å²) in [5, 5.41) is 2.19. The van der Waals surface area contributed by atoms with Gasteiger partial charge in [0.25, 0.3) is 6.43 Å². The van der Waals surface area contributed by atoms with Gasteiger partial charge in [0.05, 0.1) is 21.0 Å². The molecule has 0 aromatic heterocycles. The summed E-state index contributed by atoms with van der Waals surface area (Å²) in [4.78, 5) is 37.3. The Hall–Kier alpha value is -2.43. The number of anilines is 1. The van der Waals surface area contributed by atoms with Gasteiger partial charge in [-0.1, -0.05) is 46.9 Å². The zero-order valence-electron chi connectivity index (χ0n) is 20.2. The van der Waals surface area contributed by atoms with Gasteiger partial charge in [0.15, 0.2) is 5.78 Å². The lowest BCUT2D eigenvalue weighted by Gasteiger charge is -2.12. The smallest absolute Gasteiger partial charge is 0.296 e. The fourth-order valence-electron chi connectivity index (χ4n) is 4.32. The highest BCUT2D eigenvalue weighted by atomic mass is 35.5. The van der Waals surface area contributed by atoms with Gasteiger partial charge in [0, 0.05) is 35.6 Å². The number of amides is 1. The number of carbonyl (C=O) groups is 3. The highest BCUT2D eigenvalue weighted by molar-refractivity contribution is 6.53. The molecule has 1 saturated carbocycles. The van der Waals surface area contributed by atoms with E-state index in [9.17, 15) is 36.3 Å². The first-order valence-electron chi connectivity index (χ1n) is 11.6. The molecule has 4 nitrogen and oxygen atoms in total. The average Bonchev–Trinajstić information content (AvgIpc) is 3.48. The third-order valence-corrected chi connectivity index (χ3v) is 8.51. The Labute approximate surface area is 254 Å². The van der Waals surface area contributed by atoms with Crippen LogP contribution >= 0.6 is 58.0 Å². The number of nitrogens with one attached hydrogen (secondary N) is 1. The van der Waals surface area contributed by atoms with Crippen LogP contribution in [0.5, 0.6) is 0 Å². The second-order valence-corrected chi connectivity index (χ2v) is 11.8. The van der Waals surface area contributed by atoms with Crippen molar-refractivity contribution in [3.63, 3.8) is 0 Å². The minimum absolute atomic E-state index is 0.210. The summed E-state index contributed by atoms with van der Waals surface area (Å²) in [6.07, 6.45) is -5.41. The molecular weight excluding hydrogens is 659 g/mol. The van der Waals surface area contributed by atoms with Crippen molar-refractivity contribution in [1.29, 1.82) is 0 Å². The summed E-state index contributed by atoms with van der Waals surface area (Å²) in [6.45, 7) is 0. The van der Waals surface area contributed by atoms with E-state index >= 15 is 0 Å². The maximum Gasteiger partial charge on any atom is 0.296 e. The van der Waals surface area contributed by atoms with Crippen LogP contribution in [0.4, 0.5) is 27.6 Å². The van der Waals surface area contributed by atoms with E-state index in [4.69, 9.17) is 58.0 Å². The predicted octanol–water partition coefficient (Wildman–Crippen LogP) is 8.39. The summed E-state index contributed by atoms with van der Waals surface area (Å²) >= 11 is 30.6. The van der Waals surface area contributed by atoms with Crippen molar-refractivity contribution in [1.82, 2.24) is 0 Å². The maximum atomic E-state index is 14.9. The lowest BCUT2D eigenvalue weighted by atomic mass is 9.97. The minimum atomic E-state index is -3.37. The lowest BCUT2D eigenvalue weighted by molar-refractivity contribution is -0.128. The third kappa shape index (κ3) is 6.49. The van der Waals surface area contributed by atoms with Crippen molar-refractivity contribution in [3.05, 3.63) is 97.2 Å². The van der Waals surface area contributed by atoms with Crippen LogP contribution in [0.1, 0.15) is 33.0 Å². The molecule has 0 spiro atoms. The fourth-order valence-corrected chi connectivity index (χ4v) is 5.67. The van der Waals surface area contributed by atoms with Crippen molar-refractivity contribution < 1.29 is 36.3 Å². The number of halogens is 10. The number of hydrogen-bond acceptors (Lipinski definition) is 3. The average molecular weight is 674 g/mol. The molecule has 1 amide bonds. The monoisotopic (exact) mass is 671 g/mol. The van der Waals surface area contributed by atoms with E-state index in [1.807, 2.05) is 0 Å². The normalized spacial score (nSPS) is 17.4. The second-order valence-electron chi connectivity index (χ2n) is 9.16. The summed E-state index contributed by atoms with van der Waals surface area (Å²) < 4.78 is 67.6. The molecule has 1 aliphatic carbocycles. The minimum Gasteiger partial charge on any atom is -0.326 e. The van der Waals surface area contributed by atoms with Gasteiger partial charge >= 0.3 is 0 Å². The molecule has 41 heavy (non-hydrogen) atoms. The van der Waals surface area contributed by atoms with Crippen LogP contribution in [0.2, 0.25) is 15.1 Å². The van der Waals surface area contributed by atoms with Crippen molar-refractivity contribution in [2.75, 3.05) is 5.32 Å². The number of ketones is 2. The standard InChI is InChI=1S/C27H15Cl5F5NO3/c28-15-3-1-10(5-16(15)29)21-22(27(21,31)32)26(41)38-12-7-14(23(30)18(34)8-12)19(39)9-13-17(33)4-2-11(24(13)35)6-20(40)25(36)37/h1-5,7-8,21-22,25H,6,9H2,(H,38,41)/t21-,22+/m0/s1. The summed E-state index contributed by atoms with van der Waals surface area (Å²) in [7, 11) is 0. The lowest BCUT2D eigenvalue weighted by Crippen LogP contribution is -2.18. The zero-order valence-corrected chi connectivity index (χ0v) is 24.0. The molecule has 0 heterocycles. The summed E-state index contributed by atoms with van der Waals surface area (Å²) in [5.41, 5.74) is -1.64. The highest BCUT2D eigenvalue weighted by Gasteiger charge is 2.67. The molecule has 0 radical (unpaired) electrons. The first-order chi connectivity index (χ1) is 19.1. The molecule has 1 fully saturated rings. The van der Waals surface area contributed by atoms with Gasteiger partial charge in [0.2, 0.25) is 11.7 Å². The quantitative estimate of drug-likeness (QED) is 0.141. The molecule has 0 bridgehead atoms. The number of rotatable bonds is 9. The predicted molar refractivity (Wildman–Crippen MR) is 146 cm³/mol. The first kappa shape index (κ1) is 31.5. The number of carbonyl (C=O) groups excluding carboxylic acids is 3. The van der Waals surface area contributed by atoms with Gasteiger partial charge in [-0.15, -0.1) is 23.2 Å². The fraction of sp³-hybridized carbons (Fsp3) is 0.222. The number of alkyl halides is 4. The SMILES string of the molecule is O=C(Cc1c(F)ccc(CC(=O)C(F)F)c1F)c1cc(NC(=O)[C@H]2[C@H](c3ccc(Cl)c(Cl)c3)C2(Cl)Cl)cc(F)c1Cl. The van der Waals surface area contributed by atoms with E-state index in [0.29, 0.717) is 11.6 Å². The van der Waals surface area contributed by atoms with Gasteiger partial charge in [-0.2, -0.15) is 0 Å². The van der Waals surface area contributed by atoms with Crippen LogP contribution in [0.3, 0.4) is 0 Å². The van der Waals surface area contributed by atoms with Crippen molar-refractivity contribution >= 4 is 81.2 Å². The van der Waals surface area contributed by atoms with E-state index in [1.54, 1.807) is 6.07 Å². The van der Waals surface area contributed by atoms with Crippen LogP contribution in [0.25, 0.3) is 0 Å². The molecule has 0 unspecified atom stereocenters. The Morgan fingerprint density at radius 3 is 2.20 bits per heavy atom. The van der Waals surface area contributed by atoms with Crippen molar-refractivity contribution in [2.24, 2.45) is 5.92 Å². The summed E-state index contributed by atoms with van der Waals surface area (Å²) in [6, 6.07) is 7.90.